The van der Waals surface area contributed by atoms with Crippen LogP contribution in [-0.4, -0.2) is 66.5 Å². The number of quaternary nitrogens is 2. The highest BCUT2D eigenvalue weighted by Crippen LogP contribution is 2.27. The maximum absolute atomic E-state index is 13.0. The Labute approximate surface area is 156 Å². The number of nitrogens with one attached hydrogen (secondary N) is 2. The molecule has 150 valence electrons. The Morgan fingerprint density at radius 3 is 2.73 bits per heavy atom. The maximum Gasteiger partial charge on any atom is 0.190 e. The molecule has 3 aliphatic rings. The van der Waals surface area contributed by atoms with E-state index in [0.717, 1.165) is 25.4 Å². The molecular formula is C19H36N3O4+. The Balaban J connectivity index is 1.59. The lowest BCUT2D eigenvalue weighted by molar-refractivity contribution is -1.07. The van der Waals surface area contributed by atoms with Gasteiger partial charge in [0.15, 0.2) is 5.78 Å². The van der Waals surface area contributed by atoms with E-state index in [1.165, 1.54) is 17.7 Å². The molecule has 3 fully saturated rings. The van der Waals surface area contributed by atoms with Crippen molar-refractivity contribution in [3.8, 4) is 0 Å². The van der Waals surface area contributed by atoms with E-state index < -0.39 is 11.3 Å². The molecule has 7 heteroatoms. The zero-order valence-corrected chi connectivity index (χ0v) is 16.4. The van der Waals surface area contributed by atoms with Gasteiger partial charge in [-0.05, 0) is 39.0 Å². The number of hydrogen-bond donors (Lipinski definition) is 3. The molecule has 3 rings (SSSR count). The van der Waals surface area contributed by atoms with Crippen LogP contribution in [0.15, 0.2) is 0 Å². The Kier molecular flexibility index (Phi) is 6.69. The van der Waals surface area contributed by atoms with Crippen LogP contribution < -0.4 is 10.1 Å². The second-order valence-electron chi connectivity index (χ2n) is 8.72. The van der Waals surface area contributed by atoms with Crippen LogP contribution in [0.4, 0.5) is 0 Å². The largest absolute Gasteiger partial charge is 0.600 e. The first-order chi connectivity index (χ1) is 12.4. The van der Waals surface area contributed by atoms with Crippen LogP contribution in [0.1, 0.15) is 52.9 Å². The first-order valence-electron chi connectivity index (χ1n) is 10.4. The summed E-state index contributed by atoms with van der Waals surface area (Å²) >= 11 is 0. The summed E-state index contributed by atoms with van der Waals surface area (Å²) in [5.41, 5.74) is 0. The molecule has 8 unspecified atom stereocenters. The van der Waals surface area contributed by atoms with Gasteiger partial charge in [0, 0.05) is 31.9 Å². The molecule has 7 nitrogen and oxygen atoms in total. The third kappa shape index (κ3) is 4.29. The van der Waals surface area contributed by atoms with E-state index in [0.29, 0.717) is 38.2 Å². The quantitative estimate of drug-likeness (QED) is 0.536. The summed E-state index contributed by atoms with van der Waals surface area (Å²) in [6.45, 7) is 9.75. The van der Waals surface area contributed by atoms with Gasteiger partial charge in [-0.3, -0.25) is 4.79 Å². The highest BCUT2D eigenvalue weighted by Gasteiger charge is 2.46. The summed E-state index contributed by atoms with van der Waals surface area (Å²) in [4.78, 5) is 17.0. The van der Waals surface area contributed by atoms with E-state index in [1.807, 2.05) is 6.92 Å². The number of carbonyl (C=O) groups excluding carboxylic acids is 1. The van der Waals surface area contributed by atoms with Gasteiger partial charge in [-0.25, -0.2) is 15.3 Å². The number of nitrogens with zero attached hydrogens (tertiary/aromatic N) is 1. The number of Topliss-reactive ketones (excluding diaryl/α,β-unsaturated/α-hetero) is 1. The lowest BCUT2D eigenvalue weighted by atomic mass is 9.81. The summed E-state index contributed by atoms with van der Waals surface area (Å²) in [6.07, 6.45) is 4.52. The maximum atomic E-state index is 13.0. The van der Waals surface area contributed by atoms with Crippen molar-refractivity contribution in [1.29, 1.82) is 0 Å². The molecule has 0 aromatic rings. The average Bonchev–Trinajstić information content (AvgIpc) is 2.89. The van der Waals surface area contributed by atoms with Crippen LogP contribution >= 0.6 is 0 Å². The van der Waals surface area contributed by atoms with E-state index in [-0.39, 0.29) is 17.8 Å². The molecule has 0 aromatic heterocycles. The van der Waals surface area contributed by atoms with Gasteiger partial charge in [-0.2, -0.15) is 0 Å². The van der Waals surface area contributed by atoms with Crippen molar-refractivity contribution in [1.82, 2.24) is 4.90 Å². The summed E-state index contributed by atoms with van der Waals surface area (Å²) in [7, 11) is 0. The highest BCUT2D eigenvalue weighted by atomic mass is 16.8. The summed E-state index contributed by atoms with van der Waals surface area (Å²) in [6, 6.07) is -0.0695. The lowest BCUT2D eigenvalue weighted by Gasteiger charge is -2.38. The number of ether oxygens (including phenoxy) is 1. The van der Waals surface area contributed by atoms with Crippen LogP contribution in [0.2, 0.25) is 0 Å². The standard InChI is InChI=1S/C19H35N3O4/c1-4-26-18-7-6-15(9-16(18)22(24)25)17(23)12-21-14(3)11-20-10-13(2)5-8-19(20)21/h13-16,18-19,22,24H,4-12H2,1-3H3/p+1. The molecule has 0 radical (unpaired) electrons. The Morgan fingerprint density at radius 1 is 1.27 bits per heavy atom. The van der Waals surface area contributed by atoms with Gasteiger partial charge >= 0.3 is 0 Å². The number of ketones is 1. The second-order valence-corrected chi connectivity index (χ2v) is 8.72. The van der Waals surface area contributed by atoms with E-state index >= 15 is 0 Å². The van der Waals surface area contributed by atoms with E-state index in [9.17, 15) is 15.2 Å². The van der Waals surface area contributed by atoms with E-state index in [1.54, 1.807) is 0 Å². The molecule has 1 aliphatic carbocycles. The normalized spacial score (nSPS) is 42.4. The van der Waals surface area contributed by atoms with Gasteiger partial charge in [0.05, 0.1) is 12.6 Å². The molecule has 2 saturated heterocycles. The number of rotatable bonds is 6. The van der Waals surface area contributed by atoms with E-state index in [4.69, 9.17) is 4.74 Å². The van der Waals surface area contributed by atoms with Gasteiger partial charge in [0.25, 0.3) is 0 Å². The zero-order valence-electron chi connectivity index (χ0n) is 16.4. The van der Waals surface area contributed by atoms with Gasteiger partial charge in [0.1, 0.15) is 24.9 Å². The lowest BCUT2D eigenvalue weighted by Crippen LogP contribution is -3.18. The molecule has 0 amide bonds. The zero-order chi connectivity index (χ0) is 18.8. The molecule has 26 heavy (non-hydrogen) atoms. The smallest absolute Gasteiger partial charge is 0.190 e. The van der Waals surface area contributed by atoms with Gasteiger partial charge in [0.2, 0.25) is 0 Å². The first-order valence-corrected chi connectivity index (χ1v) is 10.4. The van der Waals surface area contributed by atoms with Crippen molar-refractivity contribution in [2.45, 2.75) is 77.2 Å². The fourth-order valence-corrected chi connectivity index (χ4v) is 5.41. The third-order valence-electron chi connectivity index (χ3n) is 6.81. The van der Waals surface area contributed by atoms with E-state index in [2.05, 4.69) is 18.7 Å². The van der Waals surface area contributed by atoms with Crippen LogP contribution in [0.5, 0.6) is 0 Å². The second kappa shape index (κ2) is 8.63. The Hall–Kier alpha value is -0.570. The molecule has 0 aromatic carbocycles. The van der Waals surface area contributed by atoms with Crippen molar-refractivity contribution >= 4 is 5.78 Å². The molecule has 8 atom stereocenters. The first kappa shape index (κ1) is 20.2. The fraction of sp³-hybridized carbons (Fsp3) is 0.947. The van der Waals surface area contributed by atoms with Crippen molar-refractivity contribution in [2.75, 3.05) is 26.2 Å². The molecule has 1 saturated carbocycles. The predicted molar refractivity (Wildman–Crippen MR) is 96.7 cm³/mol. The van der Waals surface area contributed by atoms with Gasteiger partial charge in [-0.1, -0.05) is 6.92 Å². The minimum atomic E-state index is -0.824. The average molecular weight is 371 g/mol. The van der Waals surface area contributed by atoms with Crippen LogP contribution in [-0.2, 0) is 9.53 Å². The Bertz CT molecular complexity index is 489. The molecular weight excluding hydrogens is 334 g/mol. The molecule has 0 spiro atoms. The van der Waals surface area contributed by atoms with Crippen LogP contribution in [0, 0.1) is 17.0 Å². The van der Waals surface area contributed by atoms with Crippen molar-refractivity contribution in [2.24, 2.45) is 11.8 Å². The molecule has 0 bridgehead atoms. The predicted octanol–water partition coefficient (Wildman–Crippen LogP) is -0.754. The number of piperidine rings is 1. The molecule has 3 N–H and O–H groups in total. The minimum absolute atomic E-state index is 0.121. The summed E-state index contributed by atoms with van der Waals surface area (Å²) in [5.74, 6) is 0.885. The summed E-state index contributed by atoms with van der Waals surface area (Å²) in [5, 5.41) is 20.3. The van der Waals surface area contributed by atoms with Crippen molar-refractivity contribution in [3.05, 3.63) is 5.21 Å². The summed E-state index contributed by atoms with van der Waals surface area (Å²) < 4.78 is 5.61. The highest BCUT2D eigenvalue weighted by molar-refractivity contribution is 5.82. The molecule has 2 aliphatic heterocycles. The number of carbonyl (C=O) groups is 1. The van der Waals surface area contributed by atoms with Crippen LogP contribution in [0.3, 0.4) is 0 Å². The molecule has 2 heterocycles. The van der Waals surface area contributed by atoms with Gasteiger partial charge in [-0.15, -0.1) is 0 Å². The number of hydrogen-bond acceptors (Lipinski definition) is 5. The number of hydroxylamine groups is 2. The Morgan fingerprint density at radius 2 is 2.04 bits per heavy atom. The SMILES string of the molecule is CCOC1CCC(C(=O)C[NH+]2C(C)CN3CC(C)CCC32)CC1[NH+]([O-])O. The van der Waals surface area contributed by atoms with Crippen molar-refractivity contribution in [3.63, 3.8) is 0 Å². The third-order valence-corrected chi connectivity index (χ3v) is 6.81. The monoisotopic (exact) mass is 370 g/mol. The minimum Gasteiger partial charge on any atom is -0.600 e. The fourth-order valence-electron chi connectivity index (χ4n) is 5.41. The van der Waals surface area contributed by atoms with Crippen molar-refractivity contribution < 1.29 is 24.9 Å². The van der Waals surface area contributed by atoms with Gasteiger partial charge < -0.3 is 14.8 Å². The van der Waals surface area contributed by atoms with Crippen LogP contribution in [0.25, 0.3) is 0 Å². The topological polar surface area (TPSA) is 81.7 Å². The number of fused-ring (bicyclic) bond motifs is 1.